The first-order chi connectivity index (χ1) is 4.27. The molecule has 0 aromatic heterocycles. The lowest BCUT2D eigenvalue weighted by Gasteiger charge is -1.93. The zero-order chi connectivity index (χ0) is 7.11. The Morgan fingerprint density at radius 2 is 2.11 bits per heavy atom. The van der Waals surface area contributed by atoms with Gasteiger partial charge in [-0.25, -0.2) is 0 Å². The van der Waals surface area contributed by atoms with Gasteiger partial charge in [0.15, 0.2) is 0 Å². The van der Waals surface area contributed by atoms with Gasteiger partial charge >= 0.3 is 0 Å². The monoisotopic (exact) mass is 164 g/mol. The van der Waals surface area contributed by atoms with Gasteiger partial charge in [-0.1, -0.05) is 28.5 Å². The van der Waals surface area contributed by atoms with Gasteiger partial charge in [-0.3, -0.25) is 4.79 Å². The lowest BCUT2D eigenvalue weighted by molar-refractivity contribution is -0.116. The standard InChI is InChI=1S/C6H12OS2/c1-3-8-9-5-4-6(2)7/h3-5H2,1-2H3. The first-order valence-corrected chi connectivity index (χ1v) is 5.50. The summed E-state index contributed by atoms with van der Waals surface area (Å²) in [5, 5.41) is 0. The van der Waals surface area contributed by atoms with Crippen LogP contribution in [0.4, 0.5) is 0 Å². The van der Waals surface area contributed by atoms with Gasteiger partial charge in [0.25, 0.3) is 0 Å². The Hall–Kier alpha value is 0.370. The van der Waals surface area contributed by atoms with Crippen LogP contribution in [0.25, 0.3) is 0 Å². The van der Waals surface area contributed by atoms with Crippen LogP contribution in [0.5, 0.6) is 0 Å². The average molecular weight is 164 g/mol. The van der Waals surface area contributed by atoms with Gasteiger partial charge in [0.05, 0.1) is 0 Å². The van der Waals surface area contributed by atoms with Gasteiger partial charge in [0, 0.05) is 17.9 Å². The van der Waals surface area contributed by atoms with Crippen molar-refractivity contribution in [1.29, 1.82) is 0 Å². The zero-order valence-electron chi connectivity index (χ0n) is 5.85. The van der Waals surface area contributed by atoms with Crippen LogP contribution in [-0.2, 0) is 4.79 Å². The van der Waals surface area contributed by atoms with Crippen molar-refractivity contribution in [3.63, 3.8) is 0 Å². The average Bonchev–Trinajstić information content (AvgIpc) is 1.80. The highest BCUT2D eigenvalue weighted by molar-refractivity contribution is 8.76. The van der Waals surface area contributed by atoms with Crippen LogP contribution in [0, 0.1) is 0 Å². The highest BCUT2D eigenvalue weighted by Gasteiger charge is 1.91. The Morgan fingerprint density at radius 1 is 1.44 bits per heavy atom. The van der Waals surface area contributed by atoms with Crippen LogP contribution >= 0.6 is 21.6 Å². The molecule has 0 saturated carbocycles. The number of carbonyl (C=O) groups is 1. The number of ketones is 1. The molecule has 0 fully saturated rings. The maximum Gasteiger partial charge on any atom is 0.130 e. The normalized spacial score (nSPS) is 9.56. The molecule has 0 unspecified atom stereocenters. The molecule has 0 radical (unpaired) electrons. The van der Waals surface area contributed by atoms with Crippen LogP contribution in [0.15, 0.2) is 0 Å². The Morgan fingerprint density at radius 3 is 2.56 bits per heavy atom. The number of Topliss-reactive ketones (excluding diaryl/α,β-unsaturated/α-hetero) is 1. The quantitative estimate of drug-likeness (QED) is 0.458. The second-order valence-electron chi connectivity index (χ2n) is 1.68. The topological polar surface area (TPSA) is 17.1 Å². The lowest BCUT2D eigenvalue weighted by Crippen LogP contribution is -1.89. The molecule has 0 amide bonds. The minimum atomic E-state index is 0.291. The Kier molecular flexibility index (Phi) is 6.76. The molecule has 0 aliphatic carbocycles. The molecular formula is C6H12OS2. The SMILES string of the molecule is CCSSCCC(C)=O. The largest absolute Gasteiger partial charge is 0.300 e. The van der Waals surface area contributed by atoms with Crippen molar-refractivity contribution in [1.82, 2.24) is 0 Å². The highest BCUT2D eigenvalue weighted by Crippen LogP contribution is 2.20. The van der Waals surface area contributed by atoms with E-state index in [1.54, 1.807) is 17.7 Å². The molecule has 0 atom stereocenters. The van der Waals surface area contributed by atoms with E-state index in [1.807, 2.05) is 10.8 Å². The zero-order valence-corrected chi connectivity index (χ0v) is 7.48. The predicted molar refractivity (Wildman–Crippen MR) is 45.9 cm³/mol. The molecule has 0 aliphatic heterocycles. The summed E-state index contributed by atoms with van der Waals surface area (Å²) in [6.07, 6.45) is 0.720. The molecule has 54 valence electrons. The van der Waals surface area contributed by atoms with Gasteiger partial charge in [-0.05, 0) is 6.92 Å². The molecule has 0 aliphatic rings. The van der Waals surface area contributed by atoms with E-state index in [9.17, 15) is 4.79 Å². The van der Waals surface area contributed by atoms with E-state index in [1.165, 1.54) is 0 Å². The third-order valence-electron chi connectivity index (χ3n) is 0.739. The second-order valence-corrected chi connectivity index (χ2v) is 4.55. The van der Waals surface area contributed by atoms with Gasteiger partial charge in [-0.15, -0.1) is 0 Å². The smallest absolute Gasteiger partial charge is 0.130 e. The van der Waals surface area contributed by atoms with Gasteiger partial charge in [-0.2, -0.15) is 0 Å². The molecule has 0 bridgehead atoms. The van der Waals surface area contributed by atoms with E-state index >= 15 is 0 Å². The third kappa shape index (κ3) is 8.37. The molecule has 0 saturated heterocycles. The summed E-state index contributed by atoms with van der Waals surface area (Å²) >= 11 is 0. The summed E-state index contributed by atoms with van der Waals surface area (Å²) in [7, 11) is 3.59. The first-order valence-electron chi connectivity index (χ1n) is 3.01. The summed E-state index contributed by atoms with van der Waals surface area (Å²) in [4.78, 5) is 10.4. The summed E-state index contributed by atoms with van der Waals surface area (Å²) in [5.74, 6) is 2.38. The molecule has 0 rings (SSSR count). The molecule has 1 nitrogen and oxygen atoms in total. The Bertz CT molecular complexity index is 83.1. The Balaban J connectivity index is 2.83. The van der Waals surface area contributed by atoms with Gasteiger partial charge in [0.1, 0.15) is 5.78 Å². The fourth-order valence-electron chi connectivity index (χ4n) is 0.328. The van der Waals surface area contributed by atoms with E-state index in [0.717, 1.165) is 17.9 Å². The minimum absolute atomic E-state index is 0.291. The van der Waals surface area contributed by atoms with Crippen molar-refractivity contribution >= 4 is 27.4 Å². The first kappa shape index (κ1) is 9.37. The van der Waals surface area contributed by atoms with Gasteiger partial charge < -0.3 is 0 Å². The lowest BCUT2D eigenvalue weighted by atomic mass is 10.4. The maximum absolute atomic E-state index is 10.4. The van der Waals surface area contributed by atoms with E-state index in [0.29, 0.717) is 5.78 Å². The number of hydrogen-bond donors (Lipinski definition) is 0. The summed E-state index contributed by atoms with van der Waals surface area (Å²) < 4.78 is 0. The third-order valence-corrected chi connectivity index (χ3v) is 3.22. The van der Waals surface area contributed by atoms with Crippen LogP contribution in [0.1, 0.15) is 20.3 Å². The fraction of sp³-hybridized carbons (Fsp3) is 0.833. The van der Waals surface area contributed by atoms with Crippen molar-refractivity contribution in [2.24, 2.45) is 0 Å². The van der Waals surface area contributed by atoms with Crippen molar-refractivity contribution < 1.29 is 4.79 Å². The Labute approximate surface area is 64.4 Å². The van der Waals surface area contributed by atoms with E-state index < -0.39 is 0 Å². The van der Waals surface area contributed by atoms with Crippen molar-refractivity contribution in [2.75, 3.05) is 11.5 Å². The molecule has 0 heterocycles. The summed E-state index contributed by atoms with van der Waals surface area (Å²) in [5.41, 5.74) is 0. The molecule has 0 aromatic rings. The van der Waals surface area contributed by atoms with Crippen LogP contribution < -0.4 is 0 Å². The number of rotatable bonds is 5. The maximum atomic E-state index is 10.4. The fourth-order valence-corrected chi connectivity index (χ4v) is 2.09. The molecule has 9 heavy (non-hydrogen) atoms. The molecule has 0 aromatic carbocycles. The van der Waals surface area contributed by atoms with E-state index in [-0.39, 0.29) is 0 Å². The molecule has 3 heteroatoms. The summed E-state index contributed by atoms with van der Waals surface area (Å²) in [6.45, 7) is 3.75. The molecular weight excluding hydrogens is 152 g/mol. The second kappa shape index (κ2) is 6.49. The van der Waals surface area contributed by atoms with Crippen molar-refractivity contribution in [2.45, 2.75) is 20.3 Å². The van der Waals surface area contributed by atoms with Crippen LogP contribution in [0.3, 0.4) is 0 Å². The number of carbonyl (C=O) groups excluding carboxylic acids is 1. The summed E-state index contributed by atoms with van der Waals surface area (Å²) in [6, 6.07) is 0. The van der Waals surface area contributed by atoms with Crippen LogP contribution in [-0.4, -0.2) is 17.3 Å². The highest BCUT2D eigenvalue weighted by atomic mass is 33.1. The van der Waals surface area contributed by atoms with Crippen molar-refractivity contribution in [3.8, 4) is 0 Å². The van der Waals surface area contributed by atoms with Crippen molar-refractivity contribution in [3.05, 3.63) is 0 Å². The van der Waals surface area contributed by atoms with Gasteiger partial charge in [0.2, 0.25) is 0 Å². The van der Waals surface area contributed by atoms with E-state index in [4.69, 9.17) is 0 Å². The number of hydrogen-bond acceptors (Lipinski definition) is 3. The minimum Gasteiger partial charge on any atom is -0.300 e. The predicted octanol–water partition coefficient (Wildman–Crippen LogP) is 2.37. The van der Waals surface area contributed by atoms with E-state index in [2.05, 4.69) is 6.92 Å². The van der Waals surface area contributed by atoms with Crippen LogP contribution in [0.2, 0.25) is 0 Å². The molecule has 0 N–H and O–H groups in total. The molecule has 0 spiro atoms.